The molecule has 0 aliphatic carbocycles. The van der Waals surface area contributed by atoms with E-state index in [1.807, 2.05) is 13.0 Å². The van der Waals surface area contributed by atoms with Crippen molar-refractivity contribution in [3.63, 3.8) is 0 Å². The van der Waals surface area contributed by atoms with Gasteiger partial charge in [0, 0.05) is 14.1 Å². The molecule has 1 amide bonds. The van der Waals surface area contributed by atoms with Crippen LogP contribution in [0.25, 0.3) is 0 Å². The molecular formula is C24H47NO5Si. The van der Waals surface area contributed by atoms with Crippen molar-refractivity contribution >= 4 is 14.2 Å². The van der Waals surface area contributed by atoms with Gasteiger partial charge in [-0.15, -0.1) is 0 Å². The molecule has 7 heteroatoms. The first kappa shape index (κ1) is 28.3. The Hall–Kier alpha value is -0.733. The second-order valence-electron chi connectivity index (χ2n) is 9.90. The molecule has 1 rings (SSSR count). The number of likely N-dealkylation sites (N-methyl/N-ethyl adjacent to an activating group) is 1. The second-order valence-corrected chi connectivity index (χ2v) is 15.4. The lowest BCUT2D eigenvalue weighted by molar-refractivity contribution is -0.155. The molecule has 182 valence electrons. The van der Waals surface area contributed by atoms with E-state index in [-0.39, 0.29) is 30.8 Å². The highest BCUT2D eigenvalue weighted by molar-refractivity contribution is 6.77. The van der Waals surface area contributed by atoms with Crippen molar-refractivity contribution in [3.8, 4) is 0 Å². The van der Waals surface area contributed by atoms with Gasteiger partial charge in [0.25, 0.3) is 0 Å². The molecule has 1 aliphatic heterocycles. The number of hydrogen-bond donors (Lipinski definition) is 1. The van der Waals surface area contributed by atoms with Crippen LogP contribution in [0.3, 0.4) is 0 Å². The summed E-state index contributed by atoms with van der Waals surface area (Å²) >= 11 is 0. The topological polar surface area (TPSA) is 68.2 Å². The van der Waals surface area contributed by atoms with Crippen molar-refractivity contribution in [2.75, 3.05) is 27.3 Å². The van der Waals surface area contributed by atoms with Gasteiger partial charge in [-0.2, -0.15) is 0 Å². The molecule has 0 aromatic carbocycles. The highest BCUT2D eigenvalue weighted by Crippen LogP contribution is 2.42. The van der Waals surface area contributed by atoms with E-state index in [1.54, 1.807) is 14.1 Å². The van der Waals surface area contributed by atoms with Crippen molar-refractivity contribution in [3.05, 3.63) is 12.2 Å². The highest BCUT2D eigenvalue weighted by atomic mass is 28.4. The van der Waals surface area contributed by atoms with Crippen molar-refractivity contribution in [2.24, 2.45) is 0 Å². The molecule has 0 saturated heterocycles. The molecule has 6 nitrogen and oxygen atoms in total. The number of aliphatic hydroxyl groups excluding tert-OH is 1. The van der Waals surface area contributed by atoms with E-state index < -0.39 is 14.4 Å². The molecule has 0 radical (unpaired) electrons. The number of hydrogen-bond acceptors (Lipinski definition) is 5. The van der Waals surface area contributed by atoms with Crippen molar-refractivity contribution in [1.82, 2.24) is 4.90 Å². The number of aliphatic hydroxyl groups is 1. The van der Waals surface area contributed by atoms with Crippen LogP contribution in [-0.4, -0.2) is 76.0 Å². The van der Waals surface area contributed by atoms with Crippen LogP contribution in [0, 0.1) is 0 Å². The van der Waals surface area contributed by atoms with Crippen LogP contribution in [0.15, 0.2) is 12.2 Å². The van der Waals surface area contributed by atoms with E-state index in [0.29, 0.717) is 42.5 Å². The van der Waals surface area contributed by atoms with Crippen LogP contribution in [0.4, 0.5) is 0 Å². The van der Waals surface area contributed by atoms with Crippen LogP contribution in [0.5, 0.6) is 0 Å². The van der Waals surface area contributed by atoms with Gasteiger partial charge in [-0.3, -0.25) is 4.79 Å². The van der Waals surface area contributed by atoms with Gasteiger partial charge in [0.2, 0.25) is 5.91 Å². The lowest BCUT2D eigenvalue weighted by atomic mass is 10.0. The highest BCUT2D eigenvalue weighted by Gasteiger charge is 2.46. The van der Waals surface area contributed by atoms with Crippen molar-refractivity contribution in [1.29, 1.82) is 0 Å². The first-order chi connectivity index (χ1) is 14.5. The number of amides is 1. The minimum absolute atomic E-state index is 0.00742. The van der Waals surface area contributed by atoms with Gasteiger partial charge in [-0.1, -0.05) is 60.6 Å². The normalized spacial score (nSPS) is 24.9. The SMILES string of the molecule is CC[C@@H](O)[C@H]1C/C=C\C[C@H](OCC(=O)N(C)C)[C@H](CO[Si](C(C)C)(C(C)C)C(C)C)O1. The second kappa shape index (κ2) is 13.1. The zero-order valence-corrected chi connectivity index (χ0v) is 22.3. The Morgan fingerprint density at radius 1 is 1.10 bits per heavy atom. The summed E-state index contributed by atoms with van der Waals surface area (Å²) in [6.45, 7) is 16.0. The molecule has 0 aromatic rings. The third kappa shape index (κ3) is 7.67. The maximum atomic E-state index is 12.1. The molecule has 0 fully saturated rings. The Morgan fingerprint density at radius 3 is 2.13 bits per heavy atom. The van der Waals surface area contributed by atoms with Gasteiger partial charge in [-0.25, -0.2) is 0 Å². The first-order valence-electron chi connectivity index (χ1n) is 11.9. The summed E-state index contributed by atoms with van der Waals surface area (Å²) in [7, 11) is 1.37. The summed E-state index contributed by atoms with van der Waals surface area (Å²) in [5.74, 6) is -0.0777. The zero-order valence-electron chi connectivity index (χ0n) is 21.3. The average Bonchev–Trinajstić information content (AvgIpc) is 2.67. The number of rotatable bonds is 11. The summed E-state index contributed by atoms with van der Waals surface area (Å²) < 4.78 is 19.3. The van der Waals surface area contributed by atoms with Crippen molar-refractivity contribution in [2.45, 2.75) is 109 Å². The predicted octanol–water partition coefficient (Wildman–Crippen LogP) is 4.53. The van der Waals surface area contributed by atoms with Crippen molar-refractivity contribution < 1.29 is 23.8 Å². The van der Waals surface area contributed by atoms with Crippen LogP contribution in [-0.2, 0) is 18.7 Å². The van der Waals surface area contributed by atoms with Gasteiger partial charge >= 0.3 is 0 Å². The Labute approximate surface area is 191 Å². The van der Waals surface area contributed by atoms with Gasteiger partial charge in [0.1, 0.15) is 12.7 Å². The Bertz CT molecular complexity index is 542. The standard InChI is InChI=1S/C24H47NO5Si/c1-10-20(26)21-13-11-12-14-22(28-16-24(27)25(8)9)23(30-21)15-29-31(17(2)3,18(4)5)19(6)7/h11-12,17-23,26H,10,13-16H2,1-9H3/b12-11-/t20-,21-,22+,23+/m1/s1. The molecule has 31 heavy (non-hydrogen) atoms. The maximum Gasteiger partial charge on any atom is 0.248 e. The average molecular weight is 458 g/mol. The number of nitrogens with zero attached hydrogens (tertiary/aromatic N) is 1. The lowest BCUT2D eigenvalue weighted by Gasteiger charge is -2.44. The van der Waals surface area contributed by atoms with Gasteiger partial charge in [0.05, 0.1) is 24.9 Å². The smallest absolute Gasteiger partial charge is 0.248 e. The van der Waals surface area contributed by atoms with Crippen LogP contribution >= 0.6 is 0 Å². The minimum atomic E-state index is -2.08. The third-order valence-electron chi connectivity index (χ3n) is 6.64. The Balaban J connectivity index is 3.13. The Kier molecular flexibility index (Phi) is 11.9. The predicted molar refractivity (Wildman–Crippen MR) is 129 cm³/mol. The van der Waals surface area contributed by atoms with Gasteiger partial charge < -0.3 is 23.9 Å². The molecular weight excluding hydrogens is 410 g/mol. The van der Waals surface area contributed by atoms with Crippen LogP contribution in [0.2, 0.25) is 16.6 Å². The summed E-state index contributed by atoms with van der Waals surface area (Å²) in [5.41, 5.74) is 1.40. The number of ether oxygens (including phenoxy) is 2. The van der Waals surface area contributed by atoms with E-state index >= 15 is 0 Å². The lowest BCUT2D eigenvalue weighted by Crippen LogP contribution is -2.51. The fraction of sp³-hybridized carbons (Fsp3) is 0.875. The van der Waals surface area contributed by atoms with Crippen LogP contribution in [0.1, 0.15) is 67.7 Å². The molecule has 1 heterocycles. The number of carbonyl (C=O) groups is 1. The third-order valence-corrected chi connectivity index (χ3v) is 12.7. The van der Waals surface area contributed by atoms with Gasteiger partial charge in [0.15, 0.2) is 8.32 Å². The summed E-state index contributed by atoms with van der Waals surface area (Å²) in [6, 6.07) is 0. The Morgan fingerprint density at radius 2 is 1.65 bits per heavy atom. The quantitative estimate of drug-likeness (QED) is 0.365. The minimum Gasteiger partial charge on any atom is -0.413 e. The molecule has 0 aromatic heterocycles. The largest absolute Gasteiger partial charge is 0.413 e. The molecule has 0 saturated carbocycles. The molecule has 1 aliphatic rings. The van der Waals surface area contributed by atoms with Gasteiger partial charge in [-0.05, 0) is 35.9 Å². The zero-order chi connectivity index (χ0) is 23.8. The van der Waals surface area contributed by atoms with E-state index in [0.717, 1.165) is 0 Å². The fourth-order valence-corrected chi connectivity index (χ4v) is 10.3. The maximum absolute atomic E-state index is 12.1. The summed E-state index contributed by atoms with van der Waals surface area (Å²) in [6.07, 6.45) is 4.57. The first-order valence-corrected chi connectivity index (χ1v) is 14.0. The molecule has 1 N–H and O–H groups in total. The fourth-order valence-electron chi connectivity index (χ4n) is 4.85. The van der Waals surface area contributed by atoms with E-state index in [4.69, 9.17) is 13.9 Å². The molecule has 0 unspecified atom stereocenters. The van der Waals surface area contributed by atoms with E-state index in [2.05, 4.69) is 47.6 Å². The van der Waals surface area contributed by atoms with E-state index in [9.17, 15) is 9.90 Å². The molecule has 0 bridgehead atoms. The summed E-state index contributed by atoms with van der Waals surface area (Å²) in [5, 5.41) is 10.5. The number of carbonyl (C=O) groups excluding carboxylic acids is 1. The van der Waals surface area contributed by atoms with E-state index in [1.165, 1.54) is 4.90 Å². The molecule has 4 atom stereocenters. The van der Waals surface area contributed by atoms with Crippen LogP contribution < -0.4 is 0 Å². The molecule has 0 spiro atoms. The summed E-state index contributed by atoms with van der Waals surface area (Å²) in [4.78, 5) is 13.7. The monoisotopic (exact) mass is 457 g/mol.